The first-order valence-electron chi connectivity index (χ1n) is 12.4. The Morgan fingerprint density at radius 2 is 1.82 bits per heavy atom. The minimum absolute atomic E-state index is 0.0956. The van der Waals surface area contributed by atoms with Crippen molar-refractivity contribution in [2.45, 2.75) is 0 Å². The SMILES string of the molecule is COc1cc(/C=N/N(C)C)cc(-c2nn(-c3cc(N4CCOCC4)ccc3[N+](=O)[O-])c(=O)c3ccccc23)c1. The summed E-state index contributed by atoms with van der Waals surface area (Å²) in [5.74, 6) is 0.580. The predicted molar refractivity (Wildman–Crippen MR) is 150 cm³/mol. The number of fused-ring (bicyclic) bond motifs is 1. The zero-order chi connectivity index (χ0) is 27.5. The Hall–Kier alpha value is -4.77. The van der Waals surface area contributed by atoms with Crippen LogP contribution in [0, 0.1) is 10.1 Å². The highest BCUT2D eigenvalue weighted by Crippen LogP contribution is 2.32. The largest absolute Gasteiger partial charge is 0.497 e. The summed E-state index contributed by atoms with van der Waals surface area (Å²) in [6, 6.07) is 17.4. The maximum atomic E-state index is 13.7. The van der Waals surface area contributed by atoms with E-state index in [1.165, 1.54) is 6.07 Å². The van der Waals surface area contributed by atoms with Crippen molar-refractivity contribution < 1.29 is 14.4 Å². The van der Waals surface area contributed by atoms with Gasteiger partial charge in [-0.15, -0.1) is 0 Å². The Morgan fingerprint density at radius 3 is 2.51 bits per heavy atom. The van der Waals surface area contributed by atoms with Gasteiger partial charge in [0.2, 0.25) is 0 Å². The molecule has 39 heavy (non-hydrogen) atoms. The van der Waals surface area contributed by atoms with Crippen molar-refractivity contribution in [2.75, 3.05) is 52.4 Å². The van der Waals surface area contributed by atoms with Gasteiger partial charge in [0.1, 0.15) is 11.4 Å². The molecule has 1 aliphatic rings. The van der Waals surface area contributed by atoms with Gasteiger partial charge in [-0.2, -0.15) is 14.9 Å². The normalized spacial score (nSPS) is 13.7. The third kappa shape index (κ3) is 5.30. The number of morpholine rings is 1. The van der Waals surface area contributed by atoms with E-state index >= 15 is 0 Å². The summed E-state index contributed by atoms with van der Waals surface area (Å²) in [6.45, 7) is 2.40. The Labute approximate surface area is 224 Å². The molecule has 0 aliphatic carbocycles. The molecule has 11 nitrogen and oxygen atoms in total. The van der Waals surface area contributed by atoms with Crippen molar-refractivity contribution in [3.63, 3.8) is 0 Å². The molecular weight excluding hydrogens is 500 g/mol. The van der Waals surface area contributed by atoms with Gasteiger partial charge in [-0.3, -0.25) is 14.9 Å². The highest BCUT2D eigenvalue weighted by atomic mass is 16.6. The Morgan fingerprint density at radius 1 is 1.08 bits per heavy atom. The fraction of sp³-hybridized carbons (Fsp3) is 0.250. The van der Waals surface area contributed by atoms with Gasteiger partial charge in [0.05, 0.1) is 42.5 Å². The maximum absolute atomic E-state index is 13.7. The van der Waals surface area contributed by atoms with Crippen molar-refractivity contribution in [1.82, 2.24) is 14.8 Å². The molecule has 1 aromatic heterocycles. The van der Waals surface area contributed by atoms with E-state index in [9.17, 15) is 14.9 Å². The number of anilines is 1. The summed E-state index contributed by atoms with van der Waals surface area (Å²) < 4.78 is 12.1. The Kier molecular flexibility index (Phi) is 7.24. The fourth-order valence-electron chi connectivity index (χ4n) is 4.55. The van der Waals surface area contributed by atoms with Crippen molar-refractivity contribution in [1.29, 1.82) is 0 Å². The zero-order valence-electron chi connectivity index (χ0n) is 21.9. The molecule has 1 saturated heterocycles. The molecule has 5 rings (SSSR count). The second kappa shape index (κ2) is 10.9. The van der Waals surface area contributed by atoms with Gasteiger partial charge >= 0.3 is 0 Å². The van der Waals surface area contributed by atoms with Gasteiger partial charge in [0, 0.05) is 49.9 Å². The number of benzene rings is 3. The number of rotatable bonds is 7. The molecule has 200 valence electrons. The first-order chi connectivity index (χ1) is 18.9. The number of aromatic nitrogens is 2. The number of ether oxygens (including phenoxy) is 2. The molecule has 4 aromatic rings. The van der Waals surface area contributed by atoms with E-state index < -0.39 is 10.5 Å². The second-order valence-electron chi connectivity index (χ2n) is 9.23. The van der Waals surface area contributed by atoms with E-state index in [-0.39, 0.29) is 11.4 Å². The average molecular weight is 529 g/mol. The van der Waals surface area contributed by atoms with Gasteiger partial charge < -0.3 is 19.4 Å². The molecule has 0 radical (unpaired) electrons. The zero-order valence-corrected chi connectivity index (χ0v) is 21.9. The Balaban J connectivity index is 1.77. The number of nitro benzene ring substituents is 1. The summed E-state index contributed by atoms with van der Waals surface area (Å²) in [7, 11) is 5.21. The number of nitrogens with zero attached hydrogens (tertiary/aromatic N) is 6. The van der Waals surface area contributed by atoms with Crippen molar-refractivity contribution >= 4 is 28.4 Å². The smallest absolute Gasteiger partial charge is 0.295 e. The molecule has 0 unspecified atom stereocenters. The van der Waals surface area contributed by atoms with Crippen LogP contribution in [-0.2, 0) is 4.74 Å². The molecule has 0 atom stereocenters. The summed E-state index contributed by atoms with van der Waals surface area (Å²) >= 11 is 0. The molecular formula is C28H28N6O5. The van der Waals surface area contributed by atoms with E-state index in [2.05, 4.69) is 10.0 Å². The minimum atomic E-state index is -0.497. The monoisotopic (exact) mass is 528 g/mol. The molecule has 1 fully saturated rings. The summed E-state index contributed by atoms with van der Waals surface area (Å²) in [6.07, 6.45) is 1.70. The molecule has 11 heteroatoms. The van der Waals surface area contributed by atoms with Crippen LogP contribution >= 0.6 is 0 Å². The van der Waals surface area contributed by atoms with E-state index in [4.69, 9.17) is 14.6 Å². The minimum Gasteiger partial charge on any atom is -0.497 e. The van der Waals surface area contributed by atoms with Crippen LogP contribution in [0.2, 0.25) is 0 Å². The van der Waals surface area contributed by atoms with Gasteiger partial charge in [-0.1, -0.05) is 18.2 Å². The lowest BCUT2D eigenvalue weighted by Crippen LogP contribution is -2.36. The van der Waals surface area contributed by atoms with E-state index in [1.807, 2.05) is 44.4 Å². The number of hydrogen-bond donors (Lipinski definition) is 0. The third-order valence-electron chi connectivity index (χ3n) is 6.44. The van der Waals surface area contributed by atoms with Gasteiger partial charge in [-0.05, 0) is 42.0 Å². The lowest BCUT2D eigenvalue weighted by atomic mass is 10.0. The number of methoxy groups -OCH3 is 1. The number of hydrogen-bond acceptors (Lipinski definition) is 9. The van der Waals surface area contributed by atoms with Crippen LogP contribution in [0.15, 0.2) is 70.6 Å². The topological polar surface area (TPSA) is 115 Å². The van der Waals surface area contributed by atoms with Crippen LogP contribution in [0.3, 0.4) is 0 Å². The van der Waals surface area contributed by atoms with E-state index in [1.54, 1.807) is 42.6 Å². The van der Waals surface area contributed by atoms with Gasteiger partial charge in [0.15, 0.2) is 0 Å². The lowest BCUT2D eigenvalue weighted by molar-refractivity contribution is -0.384. The predicted octanol–water partition coefficient (Wildman–Crippen LogP) is 3.70. The summed E-state index contributed by atoms with van der Waals surface area (Å²) in [4.78, 5) is 27.4. The van der Waals surface area contributed by atoms with Crippen molar-refractivity contribution in [3.8, 4) is 22.7 Å². The van der Waals surface area contributed by atoms with E-state index in [0.29, 0.717) is 54.1 Å². The molecule has 0 saturated carbocycles. The van der Waals surface area contributed by atoms with Crippen LogP contribution in [0.4, 0.5) is 11.4 Å². The average Bonchev–Trinajstić information content (AvgIpc) is 2.96. The summed E-state index contributed by atoms with van der Waals surface area (Å²) in [5, 5.41) is 23.8. The molecule has 0 amide bonds. The van der Waals surface area contributed by atoms with E-state index in [0.717, 1.165) is 15.9 Å². The number of nitro groups is 1. The molecule has 3 aromatic carbocycles. The maximum Gasteiger partial charge on any atom is 0.295 e. The second-order valence-corrected chi connectivity index (χ2v) is 9.23. The molecule has 1 aliphatic heterocycles. The van der Waals surface area contributed by atoms with Crippen LogP contribution in [0.5, 0.6) is 5.75 Å². The van der Waals surface area contributed by atoms with Crippen LogP contribution in [0.25, 0.3) is 27.7 Å². The molecule has 0 spiro atoms. The van der Waals surface area contributed by atoms with Crippen molar-refractivity contribution in [2.24, 2.45) is 5.10 Å². The van der Waals surface area contributed by atoms with Gasteiger partial charge in [-0.25, -0.2) is 0 Å². The first kappa shape index (κ1) is 25.9. The van der Waals surface area contributed by atoms with Crippen LogP contribution < -0.4 is 15.2 Å². The molecule has 0 N–H and O–H groups in total. The van der Waals surface area contributed by atoms with Crippen LogP contribution in [0.1, 0.15) is 5.56 Å². The number of hydrazone groups is 1. The molecule has 0 bridgehead atoms. The summed E-state index contributed by atoms with van der Waals surface area (Å²) in [5.41, 5.74) is 2.11. The lowest BCUT2D eigenvalue weighted by Gasteiger charge is -2.29. The standard InChI is InChI=1S/C28H28N6O5/c1-31(2)29-18-19-14-20(16-22(15-19)38-3)27-23-6-4-5-7-24(23)28(35)33(30-27)26-17-21(8-9-25(26)34(36)37)32-10-12-39-13-11-32/h4-9,14-18H,10-13H2,1-3H3/b29-18+. The fourth-order valence-corrected chi connectivity index (χ4v) is 4.55. The molecule has 2 heterocycles. The van der Waals surface area contributed by atoms with Crippen molar-refractivity contribution in [3.05, 3.63) is 86.7 Å². The highest BCUT2D eigenvalue weighted by Gasteiger charge is 2.23. The first-order valence-corrected chi connectivity index (χ1v) is 12.4. The van der Waals surface area contributed by atoms with Gasteiger partial charge in [0.25, 0.3) is 11.2 Å². The quantitative estimate of drug-likeness (QED) is 0.203. The highest BCUT2D eigenvalue weighted by molar-refractivity contribution is 5.95. The van der Waals surface area contributed by atoms with Crippen LogP contribution in [-0.4, -0.2) is 73.4 Å². The third-order valence-corrected chi connectivity index (χ3v) is 6.44. The Bertz CT molecular complexity index is 1630.